The van der Waals surface area contributed by atoms with Crippen LogP contribution in [0.1, 0.15) is 27.5 Å². The van der Waals surface area contributed by atoms with Crippen molar-refractivity contribution in [2.75, 3.05) is 20.6 Å². The van der Waals surface area contributed by atoms with Crippen LogP contribution in [0.5, 0.6) is 0 Å². The molecule has 0 radical (unpaired) electrons. The van der Waals surface area contributed by atoms with Crippen molar-refractivity contribution in [1.29, 1.82) is 0 Å². The highest BCUT2D eigenvalue weighted by molar-refractivity contribution is 6.08. The van der Waals surface area contributed by atoms with Crippen molar-refractivity contribution in [3.8, 4) is 0 Å². The first-order valence-electron chi connectivity index (χ1n) is 9.12. The highest BCUT2D eigenvalue weighted by Gasteiger charge is 2.32. The van der Waals surface area contributed by atoms with Crippen molar-refractivity contribution in [2.45, 2.75) is 12.3 Å². The molecule has 0 aliphatic carbocycles. The third kappa shape index (κ3) is 2.91. The second-order valence-electron chi connectivity index (χ2n) is 7.04. The maximum absolute atomic E-state index is 13.4. The van der Waals surface area contributed by atoms with Gasteiger partial charge in [-0.05, 0) is 42.3 Å². The number of carbonyl (C=O) groups excluding carboxylic acids is 2. The number of halogens is 1. The number of amides is 1. The van der Waals surface area contributed by atoms with Crippen LogP contribution in [-0.4, -0.2) is 48.1 Å². The number of benzene rings is 2. The van der Waals surface area contributed by atoms with Gasteiger partial charge in [0.2, 0.25) is 5.91 Å². The summed E-state index contributed by atoms with van der Waals surface area (Å²) < 4.78 is 14.9. The topological polar surface area (TPSA) is 54.7 Å². The molecule has 0 saturated heterocycles. The van der Waals surface area contributed by atoms with Gasteiger partial charge in [-0.2, -0.15) is 0 Å². The number of hydrogen-bond acceptors (Lipinski definition) is 3. The van der Waals surface area contributed by atoms with E-state index in [0.29, 0.717) is 24.2 Å². The SMILES string of the molecule is CN(C)C(=O)C1C=NCCc2c1n(C(=O)c1ccc(F)cc1)c1ccccc21. The molecule has 28 heavy (non-hydrogen) atoms. The summed E-state index contributed by atoms with van der Waals surface area (Å²) >= 11 is 0. The number of carbonyl (C=O) groups is 2. The lowest BCUT2D eigenvalue weighted by atomic mass is 9.98. The maximum Gasteiger partial charge on any atom is 0.262 e. The number of likely N-dealkylation sites (N-methyl/N-ethyl adjacent to an activating group) is 1. The minimum atomic E-state index is -0.649. The maximum atomic E-state index is 13.4. The first-order valence-corrected chi connectivity index (χ1v) is 9.12. The lowest BCUT2D eigenvalue weighted by Gasteiger charge is -2.20. The molecule has 3 aromatic rings. The van der Waals surface area contributed by atoms with Crippen molar-refractivity contribution < 1.29 is 14.0 Å². The Hall–Kier alpha value is -3.28. The molecule has 0 bridgehead atoms. The van der Waals surface area contributed by atoms with E-state index in [1.54, 1.807) is 24.9 Å². The van der Waals surface area contributed by atoms with Gasteiger partial charge < -0.3 is 4.90 Å². The van der Waals surface area contributed by atoms with Gasteiger partial charge in [-0.3, -0.25) is 19.1 Å². The van der Waals surface area contributed by atoms with Gasteiger partial charge in [-0.15, -0.1) is 0 Å². The number of aliphatic imine (C=N–C) groups is 1. The monoisotopic (exact) mass is 377 g/mol. The summed E-state index contributed by atoms with van der Waals surface area (Å²) in [5.41, 5.74) is 2.72. The fourth-order valence-electron chi connectivity index (χ4n) is 3.74. The molecule has 1 atom stereocenters. The smallest absolute Gasteiger partial charge is 0.262 e. The third-order valence-electron chi connectivity index (χ3n) is 5.06. The zero-order valence-corrected chi connectivity index (χ0v) is 15.7. The molecule has 1 amide bonds. The lowest BCUT2D eigenvalue weighted by molar-refractivity contribution is -0.128. The lowest BCUT2D eigenvalue weighted by Crippen LogP contribution is -2.31. The molecule has 0 saturated carbocycles. The average molecular weight is 377 g/mol. The van der Waals surface area contributed by atoms with Gasteiger partial charge >= 0.3 is 0 Å². The second-order valence-corrected chi connectivity index (χ2v) is 7.04. The molecule has 0 fully saturated rings. The molecule has 142 valence electrons. The molecule has 2 aromatic carbocycles. The van der Waals surface area contributed by atoms with Crippen LogP contribution >= 0.6 is 0 Å². The number of aromatic nitrogens is 1. The van der Waals surface area contributed by atoms with E-state index in [1.807, 2.05) is 24.3 Å². The molecule has 1 aliphatic rings. The van der Waals surface area contributed by atoms with Gasteiger partial charge in [-0.25, -0.2) is 4.39 Å². The Balaban J connectivity index is 2.00. The number of para-hydroxylation sites is 1. The number of hydrogen-bond donors (Lipinski definition) is 0. The van der Waals surface area contributed by atoms with Crippen LogP contribution < -0.4 is 0 Å². The van der Waals surface area contributed by atoms with Crippen LogP contribution in [0.3, 0.4) is 0 Å². The summed E-state index contributed by atoms with van der Waals surface area (Å²) in [5, 5.41) is 0.940. The van der Waals surface area contributed by atoms with E-state index in [-0.39, 0.29) is 11.8 Å². The van der Waals surface area contributed by atoms with Gasteiger partial charge in [-0.1, -0.05) is 18.2 Å². The Morgan fingerprint density at radius 2 is 1.82 bits per heavy atom. The first kappa shape index (κ1) is 18.1. The molecule has 6 heteroatoms. The third-order valence-corrected chi connectivity index (χ3v) is 5.06. The Kier molecular flexibility index (Phi) is 4.55. The second kappa shape index (κ2) is 7.03. The van der Waals surface area contributed by atoms with E-state index in [9.17, 15) is 14.0 Å². The van der Waals surface area contributed by atoms with Crippen LogP contribution in [0.2, 0.25) is 0 Å². The largest absolute Gasteiger partial charge is 0.348 e. The summed E-state index contributed by atoms with van der Waals surface area (Å²) in [6, 6.07) is 13.1. The van der Waals surface area contributed by atoms with Crippen molar-refractivity contribution >= 4 is 28.9 Å². The predicted octanol–water partition coefficient (Wildman–Crippen LogP) is 3.27. The molecular formula is C22H20FN3O2. The van der Waals surface area contributed by atoms with Crippen LogP contribution in [-0.2, 0) is 11.2 Å². The highest BCUT2D eigenvalue weighted by Crippen LogP contribution is 2.34. The fourth-order valence-corrected chi connectivity index (χ4v) is 3.74. The van der Waals surface area contributed by atoms with Crippen molar-refractivity contribution in [1.82, 2.24) is 9.47 Å². The molecule has 2 heterocycles. The molecule has 5 nitrogen and oxygen atoms in total. The van der Waals surface area contributed by atoms with E-state index in [0.717, 1.165) is 16.5 Å². The quantitative estimate of drug-likeness (QED) is 0.688. The summed E-state index contributed by atoms with van der Waals surface area (Å²) in [6.07, 6.45) is 2.29. The van der Waals surface area contributed by atoms with E-state index in [2.05, 4.69) is 4.99 Å². The van der Waals surface area contributed by atoms with Crippen molar-refractivity contribution in [2.24, 2.45) is 4.99 Å². The number of rotatable bonds is 2. The summed E-state index contributed by atoms with van der Waals surface area (Å²) in [5.74, 6) is -1.47. The van der Waals surface area contributed by atoms with Gasteiger partial charge in [0.05, 0.1) is 5.52 Å². The predicted molar refractivity (Wildman–Crippen MR) is 107 cm³/mol. The fraction of sp³-hybridized carbons (Fsp3) is 0.227. The standard InChI is InChI=1S/C22H20FN3O2/c1-25(2)22(28)18-13-24-12-11-17-16-5-3-4-6-19(16)26(20(17)18)21(27)14-7-9-15(23)10-8-14/h3-10,13,18H,11-12H2,1-2H3. The zero-order valence-electron chi connectivity index (χ0n) is 15.7. The number of nitrogens with zero attached hydrogens (tertiary/aromatic N) is 3. The van der Waals surface area contributed by atoms with Crippen LogP contribution in [0, 0.1) is 5.82 Å². The van der Waals surface area contributed by atoms with E-state index in [1.165, 1.54) is 29.2 Å². The van der Waals surface area contributed by atoms with Gasteiger partial charge in [0.1, 0.15) is 11.7 Å². The van der Waals surface area contributed by atoms with Crippen molar-refractivity contribution in [3.05, 3.63) is 71.2 Å². The zero-order chi connectivity index (χ0) is 19.8. The summed E-state index contributed by atoms with van der Waals surface area (Å²) in [4.78, 5) is 32.2. The van der Waals surface area contributed by atoms with Crippen LogP contribution in [0.15, 0.2) is 53.5 Å². The van der Waals surface area contributed by atoms with E-state index in [4.69, 9.17) is 0 Å². The Bertz CT molecular complexity index is 1100. The molecular weight excluding hydrogens is 357 g/mol. The van der Waals surface area contributed by atoms with Gasteiger partial charge in [0.15, 0.2) is 0 Å². The summed E-state index contributed by atoms with van der Waals surface area (Å²) in [7, 11) is 3.38. The average Bonchev–Trinajstić information content (AvgIpc) is 2.86. The van der Waals surface area contributed by atoms with Crippen LogP contribution in [0.4, 0.5) is 4.39 Å². The van der Waals surface area contributed by atoms with Crippen molar-refractivity contribution in [3.63, 3.8) is 0 Å². The normalized spacial score (nSPS) is 15.9. The van der Waals surface area contributed by atoms with Gasteiger partial charge in [0.25, 0.3) is 5.91 Å². The molecule has 1 unspecified atom stereocenters. The highest BCUT2D eigenvalue weighted by atomic mass is 19.1. The first-order chi connectivity index (χ1) is 13.5. The molecule has 1 aliphatic heterocycles. The summed E-state index contributed by atoms with van der Waals surface area (Å²) in [6.45, 7) is 0.558. The molecule has 0 N–H and O–H groups in total. The Labute approximate surface area is 162 Å². The molecule has 1 aromatic heterocycles. The van der Waals surface area contributed by atoms with Crippen LogP contribution in [0.25, 0.3) is 10.9 Å². The Morgan fingerprint density at radius 3 is 2.54 bits per heavy atom. The van der Waals surface area contributed by atoms with Gasteiger partial charge in [0, 0.05) is 43.5 Å². The van der Waals surface area contributed by atoms with E-state index < -0.39 is 11.7 Å². The molecule has 4 rings (SSSR count). The molecule has 0 spiro atoms. The Morgan fingerprint density at radius 1 is 1.11 bits per heavy atom. The minimum Gasteiger partial charge on any atom is -0.348 e. The number of fused-ring (bicyclic) bond motifs is 3. The minimum absolute atomic E-state index is 0.136. The van der Waals surface area contributed by atoms with E-state index >= 15 is 0 Å².